The van der Waals surface area contributed by atoms with Crippen molar-refractivity contribution in [2.24, 2.45) is 0 Å². The molecular weight excluding hydrogens is 392 g/mol. The molecule has 31 heavy (non-hydrogen) atoms. The minimum Gasteiger partial charge on any atom is -0.455 e. The van der Waals surface area contributed by atoms with Crippen molar-refractivity contribution in [1.82, 2.24) is 5.32 Å². The third kappa shape index (κ3) is 7.24. The number of para-hydroxylation sites is 1. The van der Waals surface area contributed by atoms with Crippen LogP contribution in [0.4, 0.5) is 5.69 Å². The number of esters is 1. The molecule has 0 spiro atoms. The first-order chi connectivity index (χ1) is 14.7. The highest BCUT2D eigenvalue weighted by atomic mass is 16.5. The van der Waals surface area contributed by atoms with Crippen LogP contribution in [0.5, 0.6) is 0 Å². The fourth-order valence-electron chi connectivity index (χ4n) is 3.43. The van der Waals surface area contributed by atoms with Crippen LogP contribution in [-0.2, 0) is 19.1 Å². The average Bonchev–Trinajstić information content (AvgIpc) is 2.72. The van der Waals surface area contributed by atoms with Gasteiger partial charge in [0, 0.05) is 12.6 Å². The van der Waals surface area contributed by atoms with Gasteiger partial charge in [0.15, 0.2) is 6.61 Å². The molecule has 0 aliphatic rings. The van der Waals surface area contributed by atoms with Crippen LogP contribution < -0.4 is 10.6 Å². The second kappa shape index (κ2) is 11.3. The molecule has 0 aliphatic heterocycles. The predicted molar refractivity (Wildman–Crippen MR) is 122 cm³/mol. The van der Waals surface area contributed by atoms with Crippen LogP contribution in [0, 0.1) is 0 Å². The Morgan fingerprint density at radius 2 is 1.45 bits per heavy atom. The molecule has 0 bridgehead atoms. The van der Waals surface area contributed by atoms with Crippen molar-refractivity contribution in [2.45, 2.75) is 58.9 Å². The fraction of sp³-hybridized carbons (Fsp3) is 0.400. The van der Waals surface area contributed by atoms with Gasteiger partial charge < -0.3 is 15.4 Å². The van der Waals surface area contributed by atoms with Gasteiger partial charge in [-0.05, 0) is 28.5 Å². The van der Waals surface area contributed by atoms with Crippen LogP contribution in [0.3, 0.4) is 0 Å². The largest absolute Gasteiger partial charge is 0.455 e. The Morgan fingerprint density at radius 3 is 1.97 bits per heavy atom. The third-order valence-corrected chi connectivity index (χ3v) is 4.95. The zero-order chi connectivity index (χ0) is 23.0. The number of hydrogen-bond acceptors (Lipinski definition) is 4. The molecule has 0 radical (unpaired) electrons. The van der Waals surface area contributed by atoms with E-state index in [4.69, 9.17) is 4.74 Å². The Labute approximate surface area is 184 Å². The molecule has 0 fully saturated rings. The Bertz CT molecular complexity index is 881. The third-order valence-electron chi connectivity index (χ3n) is 4.95. The Balaban J connectivity index is 2.02. The highest BCUT2D eigenvalue weighted by molar-refractivity contribution is 5.94. The van der Waals surface area contributed by atoms with Crippen LogP contribution in [0.1, 0.15) is 75.6 Å². The molecule has 0 saturated heterocycles. The summed E-state index contributed by atoms with van der Waals surface area (Å²) in [4.78, 5) is 36.4. The van der Waals surface area contributed by atoms with E-state index in [1.807, 2.05) is 48.5 Å². The van der Waals surface area contributed by atoms with E-state index < -0.39 is 12.0 Å². The van der Waals surface area contributed by atoms with Crippen molar-refractivity contribution in [3.8, 4) is 0 Å². The van der Waals surface area contributed by atoms with Crippen LogP contribution >= 0.6 is 0 Å². The molecular formula is C25H32N2O4. The van der Waals surface area contributed by atoms with Crippen molar-refractivity contribution < 1.29 is 19.1 Å². The van der Waals surface area contributed by atoms with Crippen molar-refractivity contribution in [3.05, 3.63) is 65.2 Å². The molecule has 0 heterocycles. The lowest BCUT2D eigenvalue weighted by atomic mass is 9.92. The summed E-state index contributed by atoms with van der Waals surface area (Å²) >= 11 is 0. The van der Waals surface area contributed by atoms with Crippen molar-refractivity contribution in [2.75, 3.05) is 11.9 Å². The molecule has 2 amide bonds. The fourth-order valence-corrected chi connectivity index (χ4v) is 3.43. The number of nitrogens with one attached hydrogen (secondary N) is 2. The minimum atomic E-state index is -0.556. The molecule has 0 unspecified atom stereocenters. The van der Waals surface area contributed by atoms with E-state index in [2.05, 4.69) is 38.3 Å². The summed E-state index contributed by atoms with van der Waals surface area (Å²) in [6.45, 7) is 9.29. The number of carbonyl (C=O) groups excluding carboxylic acids is 3. The van der Waals surface area contributed by atoms with E-state index in [9.17, 15) is 14.4 Å². The van der Waals surface area contributed by atoms with Crippen molar-refractivity contribution in [1.29, 1.82) is 0 Å². The smallest absolute Gasteiger partial charge is 0.308 e. The number of anilines is 1. The molecule has 2 rings (SSSR count). The van der Waals surface area contributed by atoms with Gasteiger partial charge in [0.2, 0.25) is 5.91 Å². The van der Waals surface area contributed by atoms with Gasteiger partial charge in [-0.2, -0.15) is 0 Å². The number of carbonyl (C=O) groups is 3. The zero-order valence-electron chi connectivity index (χ0n) is 18.9. The Kier molecular flexibility index (Phi) is 8.79. The Morgan fingerprint density at radius 1 is 0.871 bits per heavy atom. The monoisotopic (exact) mass is 424 g/mol. The summed E-state index contributed by atoms with van der Waals surface area (Å²) in [5.74, 6) is -0.717. The van der Waals surface area contributed by atoms with E-state index in [0.717, 1.165) is 22.4 Å². The Hall–Kier alpha value is -3.15. The molecule has 2 aromatic rings. The second-order valence-corrected chi connectivity index (χ2v) is 8.20. The maximum absolute atomic E-state index is 12.5. The van der Waals surface area contributed by atoms with Crippen molar-refractivity contribution >= 4 is 23.5 Å². The van der Waals surface area contributed by atoms with Crippen LogP contribution in [0.2, 0.25) is 0 Å². The second-order valence-electron chi connectivity index (χ2n) is 8.20. The predicted octanol–water partition coefficient (Wildman–Crippen LogP) is 4.68. The quantitative estimate of drug-likeness (QED) is 0.572. The lowest BCUT2D eigenvalue weighted by molar-refractivity contribution is -0.148. The van der Waals surface area contributed by atoms with E-state index in [1.54, 1.807) is 0 Å². The van der Waals surface area contributed by atoms with E-state index >= 15 is 0 Å². The first kappa shape index (κ1) is 24.1. The zero-order valence-corrected chi connectivity index (χ0v) is 18.9. The summed E-state index contributed by atoms with van der Waals surface area (Å²) in [5, 5.41) is 5.68. The summed E-state index contributed by atoms with van der Waals surface area (Å²) in [5.41, 5.74) is 3.67. The van der Waals surface area contributed by atoms with Gasteiger partial charge in [0.25, 0.3) is 5.91 Å². The molecule has 1 atom stereocenters. The topological polar surface area (TPSA) is 84.5 Å². The summed E-state index contributed by atoms with van der Waals surface area (Å²) < 4.78 is 5.21. The van der Waals surface area contributed by atoms with E-state index in [1.165, 1.54) is 6.92 Å². The lowest BCUT2D eigenvalue weighted by Gasteiger charge is -2.20. The summed E-state index contributed by atoms with van der Waals surface area (Å²) in [6.07, 6.45) is -0.0588. The molecule has 2 aromatic carbocycles. The first-order valence-corrected chi connectivity index (χ1v) is 10.6. The average molecular weight is 425 g/mol. The number of amides is 2. The SMILES string of the molecule is CC(=O)N[C@H](CC(=O)OCC(=O)Nc1c(C(C)C)cccc1C(C)C)c1ccccc1. The lowest BCUT2D eigenvalue weighted by Crippen LogP contribution is -2.29. The molecule has 0 aromatic heterocycles. The van der Waals surface area contributed by atoms with Gasteiger partial charge >= 0.3 is 5.97 Å². The van der Waals surface area contributed by atoms with Crippen LogP contribution in [-0.4, -0.2) is 24.4 Å². The molecule has 2 N–H and O–H groups in total. The van der Waals surface area contributed by atoms with E-state index in [0.29, 0.717) is 0 Å². The molecule has 0 saturated carbocycles. The molecule has 6 nitrogen and oxygen atoms in total. The van der Waals surface area contributed by atoms with Gasteiger partial charge in [-0.15, -0.1) is 0 Å². The highest BCUT2D eigenvalue weighted by Crippen LogP contribution is 2.32. The highest BCUT2D eigenvalue weighted by Gasteiger charge is 2.20. The maximum Gasteiger partial charge on any atom is 0.308 e. The van der Waals surface area contributed by atoms with Gasteiger partial charge in [-0.1, -0.05) is 76.2 Å². The number of ether oxygens (including phenoxy) is 1. The van der Waals surface area contributed by atoms with Crippen molar-refractivity contribution in [3.63, 3.8) is 0 Å². The minimum absolute atomic E-state index is 0.0588. The van der Waals surface area contributed by atoms with Gasteiger partial charge in [0.1, 0.15) is 0 Å². The number of hydrogen-bond donors (Lipinski definition) is 2. The van der Waals surface area contributed by atoms with Gasteiger partial charge in [0.05, 0.1) is 12.5 Å². The molecule has 166 valence electrons. The number of rotatable bonds is 9. The summed E-state index contributed by atoms with van der Waals surface area (Å²) in [7, 11) is 0. The number of benzene rings is 2. The molecule has 6 heteroatoms. The van der Waals surface area contributed by atoms with Crippen LogP contribution in [0.15, 0.2) is 48.5 Å². The normalized spacial score (nSPS) is 11.8. The standard InChI is InChI=1S/C25H32N2O4/c1-16(2)20-12-9-13-21(17(3)4)25(20)27-23(29)15-31-24(30)14-22(26-18(5)28)19-10-7-6-8-11-19/h6-13,16-17,22H,14-15H2,1-5H3,(H,26,28)(H,27,29)/t22-/m1/s1. The first-order valence-electron chi connectivity index (χ1n) is 10.6. The van der Waals surface area contributed by atoms with Crippen LogP contribution in [0.25, 0.3) is 0 Å². The van der Waals surface area contributed by atoms with Gasteiger partial charge in [-0.25, -0.2) is 0 Å². The van der Waals surface area contributed by atoms with E-state index in [-0.39, 0.29) is 36.7 Å². The maximum atomic E-state index is 12.5. The van der Waals surface area contributed by atoms with Gasteiger partial charge in [-0.3, -0.25) is 14.4 Å². The summed E-state index contributed by atoms with van der Waals surface area (Å²) in [6, 6.07) is 14.7. The molecule has 0 aliphatic carbocycles.